The Labute approximate surface area is 239 Å². The molecule has 9 nitrogen and oxygen atoms in total. The van der Waals surface area contributed by atoms with Gasteiger partial charge in [-0.1, -0.05) is 53.8 Å². The second-order valence-electron chi connectivity index (χ2n) is 8.56. The molecule has 0 aliphatic carbocycles. The Morgan fingerprint density at radius 3 is 2.38 bits per heavy atom. The Balaban J connectivity index is 1.33. The van der Waals surface area contributed by atoms with Gasteiger partial charge in [0.05, 0.1) is 27.0 Å². The fourth-order valence-electron chi connectivity index (χ4n) is 4.03. The van der Waals surface area contributed by atoms with Crippen LogP contribution in [0.15, 0.2) is 72.1 Å². The van der Waals surface area contributed by atoms with Gasteiger partial charge in [-0.15, -0.1) is 11.3 Å². The van der Waals surface area contributed by atoms with Crippen LogP contribution in [0.5, 0.6) is 17.2 Å². The molecule has 0 aliphatic heterocycles. The summed E-state index contributed by atoms with van der Waals surface area (Å²) >= 11 is 2.85. The van der Waals surface area contributed by atoms with E-state index in [0.29, 0.717) is 46.0 Å². The number of hydrogen-bond acceptors (Lipinski definition) is 10. The fraction of sp³-hybridized carbons (Fsp3) is 0.138. The highest BCUT2D eigenvalue weighted by atomic mass is 32.1. The summed E-state index contributed by atoms with van der Waals surface area (Å²) in [5.41, 5.74) is 10.2. The zero-order valence-corrected chi connectivity index (χ0v) is 23.7. The molecule has 204 valence electrons. The van der Waals surface area contributed by atoms with Gasteiger partial charge in [-0.3, -0.25) is 4.79 Å². The molecular weight excluding hydrogens is 546 g/mol. The second-order valence-corrected chi connectivity index (χ2v) is 10.4. The van der Waals surface area contributed by atoms with Crippen LogP contribution >= 0.6 is 22.7 Å². The molecule has 11 heteroatoms. The number of nitrogens with zero attached hydrogens (tertiary/aromatic N) is 2. The lowest BCUT2D eigenvalue weighted by Crippen LogP contribution is -2.22. The van der Waals surface area contributed by atoms with Crippen molar-refractivity contribution in [3.63, 3.8) is 0 Å². The molecule has 2 heterocycles. The number of carbonyl (C=O) groups is 1. The standard InChI is InChI=1S/C29H27N5O4S2/c1-36-22-13-20(14-23(37-2)24(22)38-3)32-29-34-26(30)25(40-29)28-33-21(16-39-28)18-10-7-11-19(12-18)27(35)31-15-17-8-5-4-6-9-17/h4-14,16H,15,30H2,1-3H3,(H,31,35)(H,32,34). The lowest BCUT2D eigenvalue weighted by molar-refractivity contribution is 0.0951. The minimum atomic E-state index is -0.143. The molecule has 3 aromatic carbocycles. The summed E-state index contributed by atoms with van der Waals surface area (Å²) in [5, 5.41) is 9.51. The largest absolute Gasteiger partial charge is 0.493 e. The summed E-state index contributed by atoms with van der Waals surface area (Å²) in [6.07, 6.45) is 0. The maximum Gasteiger partial charge on any atom is 0.251 e. The van der Waals surface area contributed by atoms with Crippen molar-refractivity contribution in [2.75, 3.05) is 32.4 Å². The van der Waals surface area contributed by atoms with E-state index < -0.39 is 0 Å². The van der Waals surface area contributed by atoms with Crippen LogP contribution in [0.3, 0.4) is 0 Å². The maximum absolute atomic E-state index is 12.8. The van der Waals surface area contributed by atoms with E-state index in [-0.39, 0.29) is 5.91 Å². The minimum absolute atomic E-state index is 0.143. The zero-order chi connectivity index (χ0) is 28.1. The Hall–Kier alpha value is -4.61. The van der Waals surface area contributed by atoms with Crippen molar-refractivity contribution in [1.82, 2.24) is 15.3 Å². The molecule has 0 atom stereocenters. The molecule has 0 spiro atoms. The number of thiazole rings is 2. The number of amides is 1. The molecule has 0 bridgehead atoms. The van der Waals surface area contributed by atoms with E-state index >= 15 is 0 Å². The highest BCUT2D eigenvalue weighted by molar-refractivity contribution is 7.23. The smallest absolute Gasteiger partial charge is 0.251 e. The monoisotopic (exact) mass is 573 g/mol. The van der Waals surface area contributed by atoms with Gasteiger partial charge in [-0.2, -0.15) is 0 Å². The van der Waals surface area contributed by atoms with Crippen molar-refractivity contribution in [1.29, 1.82) is 0 Å². The summed E-state index contributed by atoms with van der Waals surface area (Å²) in [6, 6.07) is 20.8. The number of nitrogens with two attached hydrogens (primary N) is 1. The lowest BCUT2D eigenvalue weighted by Gasteiger charge is -2.14. The van der Waals surface area contributed by atoms with Crippen LogP contribution in [0.2, 0.25) is 0 Å². The number of carbonyl (C=O) groups excluding carboxylic acids is 1. The molecule has 0 saturated heterocycles. The average Bonchev–Trinajstić information content (AvgIpc) is 3.62. The lowest BCUT2D eigenvalue weighted by atomic mass is 10.1. The first-order valence-corrected chi connectivity index (χ1v) is 13.9. The van der Waals surface area contributed by atoms with Crippen LogP contribution in [0.4, 0.5) is 16.6 Å². The Kier molecular flexibility index (Phi) is 8.13. The number of nitrogens with one attached hydrogen (secondary N) is 2. The summed E-state index contributed by atoms with van der Waals surface area (Å²) in [6.45, 7) is 0.460. The van der Waals surface area contributed by atoms with E-state index in [1.165, 1.54) is 22.7 Å². The molecule has 5 rings (SSSR count). The minimum Gasteiger partial charge on any atom is -0.493 e. The predicted octanol–water partition coefficient (Wildman–Crippen LogP) is 6.22. The SMILES string of the molecule is COc1cc(Nc2nc(N)c(-c3nc(-c4cccc(C(=O)NCc5ccccc5)c4)cs3)s2)cc(OC)c1OC. The Bertz CT molecular complexity index is 1610. The summed E-state index contributed by atoms with van der Waals surface area (Å²) in [7, 11) is 4.68. The van der Waals surface area contributed by atoms with Gasteiger partial charge in [0.1, 0.15) is 15.7 Å². The third-order valence-corrected chi connectivity index (χ3v) is 7.97. The van der Waals surface area contributed by atoms with Crippen LogP contribution in [-0.2, 0) is 6.54 Å². The van der Waals surface area contributed by atoms with E-state index in [1.807, 2.05) is 53.9 Å². The normalized spacial score (nSPS) is 10.7. The quantitative estimate of drug-likeness (QED) is 0.180. The van der Waals surface area contributed by atoms with Crippen LogP contribution in [0.1, 0.15) is 15.9 Å². The van der Waals surface area contributed by atoms with Gasteiger partial charge in [0.25, 0.3) is 5.91 Å². The van der Waals surface area contributed by atoms with E-state index in [1.54, 1.807) is 39.5 Å². The molecule has 0 saturated carbocycles. The molecule has 0 radical (unpaired) electrons. The summed E-state index contributed by atoms with van der Waals surface area (Å²) in [5.74, 6) is 1.78. The number of nitrogen functional groups attached to an aromatic ring is 1. The van der Waals surface area contributed by atoms with Crippen molar-refractivity contribution in [3.05, 3.63) is 83.2 Å². The van der Waals surface area contributed by atoms with Gasteiger partial charge in [-0.05, 0) is 17.7 Å². The zero-order valence-electron chi connectivity index (χ0n) is 22.1. The average molecular weight is 574 g/mol. The maximum atomic E-state index is 12.8. The third-order valence-electron chi connectivity index (χ3n) is 5.98. The predicted molar refractivity (Wildman–Crippen MR) is 160 cm³/mol. The number of hydrogen-bond donors (Lipinski definition) is 3. The van der Waals surface area contributed by atoms with E-state index in [2.05, 4.69) is 15.6 Å². The summed E-state index contributed by atoms with van der Waals surface area (Å²) < 4.78 is 16.3. The van der Waals surface area contributed by atoms with Gasteiger partial charge in [-0.25, -0.2) is 9.97 Å². The first kappa shape index (κ1) is 27.0. The highest BCUT2D eigenvalue weighted by Crippen LogP contribution is 2.43. The topological polar surface area (TPSA) is 121 Å². The Morgan fingerprint density at radius 1 is 0.925 bits per heavy atom. The van der Waals surface area contributed by atoms with Crippen LogP contribution in [0, 0.1) is 0 Å². The van der Waals surface area contributed by atoms with Gasteiger partial charge in [0, 0.05) is 40.9 Å². The van der Waals surface area contributed by atoms with E-state index in [4.69, 9.17) is 24.9 Å². The molecule has 4 N–H and O–H groups in total. The number of rotatable bonds is 10. The van der Waals surface area contributed by atoms with E-state index in [0.717, 1.165) is 26.7 Å². The second kappa shape index (κ2) is 12.1. The van der Waals surface area contributed by atoms with Crippen molar-refractivity contribution >= 4 is 45.2 Å². The molecule has 0 unspecified atom stereocenters. The molecule has 5 aromatic rings. The first-order chi connectivity index (χ1) is 19.5. The molecular formula is C29H27N5O4S2. The molecule has 40 heavy (non-hydrogen) atoms. The fourth-order valence-corrected chi connectivity index (χ4v) is 5.86. The van der Waals surface area contributed by atoms with Gasteiger partial charge >= 0.3 is 0 Å². The molecule has 0 fully saturated rings. The van der Waals surface area contributed by atoms with Crippen LogP contribution in [-0.4, -0.2) is 37.2 Å². The molecule has 0 aliphatic rings. The third kappa shape index (κ3) is 5.85. The van der Waals surface area contributed by atoms with Crippen molar-refractivity contribution in [3.8, 4) is 38.4 Å². The molecule has 1 amide bonds. The number of methoxy groups -OCH3 is 3. The van der Waals surface area contributed by atoms with Crippen molar-refractivity contribution < 1.29 is 19.0 Å². The first-order valence-electron chi connectivity index (χ1n) is 12.2. The summed E-state index contributed by atoms with van der Waals surface area (Å²) in [4.78, 5) is 22.8. The molecule has 2 aromatic heterocycles. The van der Waals surface area contributed by atoms with Gasteiger partial charge < -0.3 is 30.6 Å². The number of benzene rings is 3. The number of aromatic nitrogens is 2. The van der Waals surface area contributed by atoms with Gasteiger partial charge in [0.15, 0.2) is 16.6 Å². The van der Waals surface area contributed by atoms with Crippen LogP contribution < -0.4 is 30.6 Å². The van der Waals surface area contributed by atoms with Crippen molar-refractivity contribution in [2.24, 2.45) is 0 Å². The van der Waals surface area contributed by atoms with Crippen LogP contribution in [0.25, 0.3) is 21.1 Å². The Morgan fingerprint density at radius 2 is 1.68 bits per heavy atom. The number of anilines is 3. The van der Waals surface area contributed by atoms with E-state index in [9.17, 15) is 4.79 Å². The van der Waals surface area contributed by atoms with Crippen molar-refractivity contribution in [2.45, 2.75) is 6.54 Å². The van der Waals surface area contributed by atoms with Gasteiger partial charge in [0.2, 0.25) is 5.75 Å². The highest BCUT2D eigenvalue weighted by Gasteiger charge is 2.18. The number of ether oxygens (including phenoxy) is 3.